The van der Waals surface area contributed by atoms with Crippen molar-refractivity contribution in [2.75, 3.05) is 30.6 Å². The maximum atomic E-state index is 12.7. The molecule has 0 bridgehead atoms. The van der Waals surface area contributed by atoms with Gasteiger partial charge in [0.15, 0.2) is 15.0 Å². The molecule has 7 nitrogen and oxygen atoms in total. The number of methoxy groups -OCH3 is 2. The number of carbonyl (C=O) groups excluding carboxylic acids is 1. The second-order valence-electron chi connectivity index (χ2n) is 7.42. The lowest BCUT2D eigenvalue weighted by Crippen LogP contribution is -2.38. The Morgan fingerprint density at radius 3 is 2.47 bits per heavy atom. The zero-order valence-corrected chi connectivity index (χ0v) is 20.4. The van der Waals surface area contributed by atoms with E-state index in [1.165, 1.54) is 26.0 Å². The molecular weight excluding hydrogens is 495 g/mol. The Labute approximate surface area is 200 Å². The molecule has 0 aliphatic carbocycles. The SMILES string of the molecule is COc1cc(OC)c(N2C(=NC(=O)Cc3ccc(Cl)cc3)S[C@@H]3CS(=O)(=O)C[C@H]32)cc1Cl. The summed E-state index contributed by atoms with van der Waals surface area (Å²) in [5, 5.41) is 1.10. The average molecular weight is 515 g/mol. The normalized spacial score (nSPS) is 22.8. The van der Waals surface area contributed by atoms with Gasteiger partial charge in [-0.3, -0.25) is 4.79 Å². The van der Waals surface area contributed by atoms with Crippen molar-refractivity contribution in [3.8, 4) is 11.5 Å². The molecule has 2 fully saturated rings. The van der Waals surface area contributed by atoms with Crippen molar-refractivity contribution in [1.82, 2.24) is 0 Å². The molecule has 0 aromatic heterocycles. The summed E-state index contributed by atoms with van der Waals surface area (Å²) in [6.07, 6.45) is 0.100. The fourth-order valence-corrected chi connectivity index (χ4v) is 8.09. The first kappa shape index (κ1) is 23.2. The number of aliphatic imine (C=N–C) groups is 1. The highest BCUT2D eigenvalue weighted by molar-refractivity contribution is 8.16. The molecule has 0 saturated carbocycles. The minimum atomic E-state index is -3.21. The van der Waals surface area contributed by atoms with Crippen molar-refractivity contribution < 1.29 is 22.7 Å². The van der Waals surface area contributed by atoms with Crippen LogP contribution < -0.4 is 14.4 Å². The van der Waals surface area contributed by atoms with Gasteiger partial charge in [-0.25, -0.2) is 8.42 Å². The van der Waals surface area contributed by atoms with E-state index in [4.69, 9.17) is 32.7 Å². The lowest BCUT2D eigenvalue weighted by atomic mass is 10.1. The summed E-state index contributed by atoms with van der Waals surface area (Å²) in [5.74, 6) is 0.500. The monoisotopic (exact) mass is 514 g/mol. The number of amidine groups is 1. The van der Waals surface area contributed by atoms with Crippen LogP contribution in [0.5, 0.6) is 11.5 Å². The zero-order chi connectivity index (χ0) is 23.0. The first-order chi connectivity index (χ1) is 15.2. The molecule has 4 rings (SSSR count). The number of benzene rings is 2. The zero-order valence-electron chi connectivity index (χ0n) is 17.2. The standard InChI is InChI=1S/C21H20Cl2N2O5S2/c1-29-17-9-18(30-2)15(8-14(17)23)25-16-10-32(27,28)11-19(16)31-21(25)24-20(26)7-12-3-5-13(22)6-4-12/h3-6,8-9,16,19H,7,10-11H2,1-2H3/t16-,19-/m1/s1. The van der Waals surface area contributed by atoms with Crippen LogP contribution in [-0.2, 0) is 21.1 Å². The Morgan fingerprint density at radius 2 is 1.81 bits per heavy atom. The second-order valence-corrected chi connectivity index (χ2v) is 11.6. The third-order valence-electron chi connectivity index (χ3n) is 5.27. The summed E-state index contributed by atoms with van der Waals surface area (Å²) in [5.41, 5.74) is 1.32. The van der Waals surface area contributed by atoms with Gasteiger partial charge in [0.1, 0.15) is 11.5 Å². The number of halogens is 2. The number of anilines is 1. The van der Waals surface area contributed by atoms with Gasteiger partial charge >= 0.3 is 0 Å². The van der Waals surface area contributed by atoms with Gasteiger partial charge in [-0.2, -0.15) is 4.99 Å². The molecule has 170 valence electrons. The summed E-state index contributed by atoms with van der Waals surface area (Å²) in [4.78, 5) is 18.8. The van der Waals surface area contributed by atoms with Gasteiger partial charge in [0, 0.05) is 16.3 Å². The number of hydrogen-bond acceptors (Lipinski definition) is 6. The van der Waals surface area contributed by atoms with E-state index in [9.17, 15) is 13.2 Å². The van der Waals surface area contributed by atoms with Crippen LogP contribution in [0.3, 0.4) is 0 Å². The number of sulfone groups is 1. The van der Waals surface area contributed by atoms with Crippen LogP contribution in [-0.4, -0.2) is 56.5 Å². The number of hydrogen-bond donors (Lipinski definition) is 0. The smallest absolute Gasteiger partial charge is 0.252 e. The van der Waals surface area contributed by atoms with Crippen LogP contribution in [0.1, 0.15) is 5.56 Å². The fraction of sp³-hybridized carbons (Fsp3) is 0.333. The molecule has 32 heavy (non-hydrogen) atoms. The molecule has 0 spiro atoms. The maximum Gasteiger partial charge on any atom is 0.252 e. The molecule has 2 aromatic carbocycles. The molecule has 0 N–H and O–H groups in total. The number of amides is 1. The highest BCUT2D eigenvalue weighted by Crippen LogP contribution is 2.46. The number of nitrogens with zero attached hydrogens (tertiary/aromatic N) is 2. The quantitative estimate of drug-likeness (QED) is 0.598. The second kappa shape index (κ2) is 9.13. The third kappa shape index (κ3) is 4.71. The van der Waals surface area contributed by atoms with Gasteiger partial charge in [0.2, 0.25) is 0 Å². The number of fused-ring (bicyclic) bond motifs is 1. The van der Waals surface area contributed by atoms with Crippen LogP contribution in [0.2, 0.25) is 10.0 Å². The lowest BCUT2D eigenvalue weighted by Gasteiger charge is -2.26. The van der Waals surface area contributed by atoms with E-state index in [1.807, 2.05) is 0 Å². The summed E-state index contributed by atoms with van der Waals surface area (Å²) in [6, 6.07) is 9.87. The maximum absolute atomic E-state index is 12.7. The van der Waals surface area contributed by atoms with E-state index >= 15 is 0 Å². The average Bonchev–Trinajstić information content (AvgIpc) is 3.20. The predicted octanol–water partition coefficient (Wildman–Crippen LogP) is 3.85. The van der Waals surface area contributed by atoms with Crippen molar-refractivity contribution in [2.24, 2.45) is 4.99 Å². The summed E-state index contributed by atoms with van der Waals surface area (Å²) in [7, 11) is -0.212. The van der Waals surface area contributed by atoms with Gasteiger partial charge in [-0.1, -0.05) is 47.1 Å². The van der Waals surface area contributed by atoms with Gasteiger partial charge < -0.3 is 14.4 Å². The highest BCUT2D eigenvalue weighted by Gasteiger charge is 2.50. The van der Waals surface area contributed by atoms with Crippen molar-refractivity contribution in [1.29, 1.82) is 0 Å². The van der Waals surface area contributed by atoms with E-state index in [2.05, 4.69) is 4.99 Å². The van der Waals surface area contributed by atoms with Crippen LogP contribution in [0.15, 0.2) is 41.4 Å². The molecule has 1 amide bonds. The third-order valence-corrected chi connectivity index (χ3v) is 9.03. The Hall–Kier alpha value is -1.94. The molecule has 2 saturated heterocycles. The Morgan fingerprint density at radius 1 is 1.12 bits per heavy atom. The van der Waals surface area contributed by atoms with E-state index in [1.54, 1.807) is 41.3 Å². The van der Waals surface area contributed by atoms with Crippen LogP contribution >= 0.6 is 35.0 Å². The minimum Gasteiger partial charge on any atom is -0.495 e. The van der Waals surface area contributed by atoms with Crippen LogP contribution in [0.25, 0.3) is 0 Å². The van der Waals surface area contributed by atoms with Crippen molar-refractivity contribution in [3.63, 3.8) is 0 Å². The van der Waals surface area contributed by atoms with E-state index in [0.29, 0.717) is 32.4 Å². The molecule has 0 radical (unpaired) electrons. The molecule has 2 heterocycles. The molecule has 2 aromatic rings. The fourth-order valence-electron chi connectivity index (χ4n) is 3.80. The van der Waals surface area contributed by atoms with Gasteiger partial charge in [-0.15, -0.1) is 0 Å². The Bertz CT molecular complexity index is 1190. The van der Waals surface area contributed by atoms with Crippen molar-refractivity contribution >= 4 is 61.6 Å². The van der Waals surface area contributed by atoms with Gasteiger partial charge in [-0.05, 0) is 23.8 Å². The van der Waals surface area contributed by atoms with Crippen molar-refractivity contribution in [2.45, 2.75) is 17.7 Å². The summed E-state index contributed by atoms with van der Waals surface area (Å²) >= 11 is 13.6. The van der Waals surface area contributed by atoms with Crippen molar-refractivity contribution in [3.05, 3.63) is 52.0 Å². The number of thioether (sulfide) groups is 1. The number of ether oxygens (including phenoxy) is 2. The topological polar surface area (TPSA) is 85.3 Å². The Kier molecular flexibility index (Phi) is 6.63. The van der Waals surface area contributed by atoms with Crippen LogP contribution in [0.4, 0.5) is 5.69 Å². The summed E-state index contributed by atoms with van der Waals surface area (Å²) < 4.78 is 35.4. The van der Waals surface area contributed by atoms with Gasteiger partial charge in [0.25, 0.3) is 5.91 Å². The van der Waals surface area contributed by atoms with Gasteiger partial charge in [0.05, 0.1) is 48.9 Å². The molecular formula is C21H20Cl2N2O5S2. The van der Waals surface area contributed by atoms with E-state index in [0.717, 1.165) is 5.56 Å². The largest absolute Gasteiger partial charge is 0.495 e. The molecule has 2 aliphatic heterocycles. The number of carbonyl (C=O) groups is 1. The predicted molar refractivity (Wildman–Crippen MR) is 128 cm³/mol. The molecule has 2 atom stereocenters. The minimum absolute atomic E-state index is 0.0232. The Balaban J connectivity index is 1.72. The lowest BCUT2D eigenvalue weighted by molar-refractivity contribution is -0.117. The molecule has 11 heteroatoms. The first-order valence-electron chi connectivity index (χ1n) is 9.64. The number of rotatable bonds is 5. The molecule has 0 unspecified atom stereocenters. The van der Waals surface area contributed by atoms with E-state index < -0.39 is 9.84 Å². The first-order valence-corrected chi connectivity index (χ1v) is 13.1. The van der Waals surface area contributed by atoms with Crippen LogP contribution in [0, 0.1) is 0 Å². The highest BCUT2D eigenvalue weighted by atomic mass is 35.5. The molecule has 2 aliphatic rings. The summed E-state index contributed by atoms with van der Waals surface area (Å²) in [6.45, 7) is 0. The van der Waals surface area contributed by atoms with E-state index in [-0.39, 0.29) is 35.1 Å².